The molecule has 0 aromatic rings. The summed E-state index contributed by atoms with van der Waals surface area (Å²) < 4.78 is 0. The van der Waals surface area contributed by atoms with Gasteiger partial charge < -0.3 is 0 Å². The quantitative estimate of drug-likeness (QED) is 0.585. The standard InChI is InChI=1S/C14H20B/c1-14(2)8-3-5-12(7-9-14)11-13-6-4-10-15-13/h3,5,7-9,13H,4,6,10-11H2,1-2H3. The van der Waals surface area contributed by atoms with Crippen molar-refractivity contribution in [3.63, 3.8) is 0 Å². The molecule has 0 bridgehead atoms. The molecule has 0 saturated carbocycles. The summed E-state index contributed by atoms with van der Waals surface area (Å²) in [6.45, 7) is 4.50. The van der Waals surface area contributed by atoms with Crippen molar-refractivity contribution in [2.24, 2.45) is 5.41 Å². The zero-order valence-corrected chi connectivity index (χ0v) is 9.87. The molecule has 2 rings (SSSR count). The van der Waals surface area contributed by atoms with E-state index in [0.717, 1.165) is 5.82 Å². The number of hydrogen-bond acceptors (Lipinski definition) is 0. The first kappa shape index (κ1) is 10.8. The molecule has 1 aliphatic carbocycles. The highest BCUT2D eigenvalue weighted by molar-refractivity contribution is 6.38. The third kappa shape index (κ3) is 3.12. The Kier molecular flexibility index (Phi) is 3.18. The average Bonchev–Trinajstić information content (AvgIpc) is 2.60. The second kappa shape index (κ2) is 4.43. The van der Waals surface area contributed by atoms with Crippen molar-refractivity contribution >= 4 is 7.28 Å². The van der Waals surface area contributed by atoms with Gasteiger partial charge in [-0.25, -0.2) is 0 Å². The molecular formula is C14H20B. The van der Waals surface area contributed by atoms with Crippen molar-refractivity contribution in [2.75, 3.05) is 0 Å². The summed E-state index contributed by atoms with van der Waals surface area (Å²) in [6.07, 6.45) is 16.7. The van der Waals surface area contributed by atoms with Crippen LogP contribution in [0.5, 0.6) is 0 Å². The van der Waals surface area contributed by atoms with E-state index < -0.39 is 0 Å². The second-order valence-corrected chi connectivity index (χ2v) is 5.39. The molecule has 1 atom stereocenters. The van der Waals surface area contributed by atoms with E-state index in [4.69, 9.17) is 0 Å². The third-order valence-corrected chi connectivity index (χ3v) is 3.34. The fourth-order valence-electron chi connectivity index (χ4n) is 2.33. The summed E-state index contributed by atoms with van der Waals surface area (Å²) in [7, 11) is 2.49. The predicted octanol–water partition coefficient (Wildman–Crippen LogP) is 4.16. The van der Waals surface area contributed by atoms with Crippen LogP contribution in [-0.2, 0) is 0 Å². The van der Waals surface area contributed by atoms with Crippen LogP contribution in [0.3, 0.4) is 0 Å². The van der Waals surface area contributed by atoms with Crippen LogP contribution < -0.4 is 0 Å². The monoisotopic (exact) mass is 199 g/mol. The Morgan fingerprint density at radius 1 is 1.40 bits per heavy atom. The molecule has 1 heterocycles. The lowest BCUT2D eigenvalue weighted by molar-refractivity contribution is 0.626. The van der Waals surface area contributed by atoms with Crippen LogP contribution in [0.4, 0.5) is 0 Å². The zero-order chi connectivity index (χ0) is 10.7. The van der Waals surface area contributed by atoms with Gasteiger partial charge in [-0.15, -0.1) is 0 Å². The summed E-state index contributed by atoms with van der Waals surface area (Å²) in [5, 5.41) is 0. The molecule has 0 nitrogen and oxygen atoms in total. The van der Waals surface area contributed by atoms with Gasteiger partial charge in [0.25, 0.3) is 0 Å². The summed E-state index contributed by atoms with van der Waals surface area (Å²) in [5.74, 6) is 0.829. The molecule has 0 spiro atoms. The highest BCUT2D eigenvalue weighted by Crippen LogP contribution is 2.32. The Labute approximate surface area is 94.4 Å². The Balaban J connectivity index is 1.98. The van der Waals surface area contributed by atoms with Crippen LogP contribution in [-0.4, -0.2) is 7.28 Å². The number of allylic oxidation sites excluding steroid dienone is 6. The van der Waals surface area contributed by atoms with Gasteiger partial charge in [-0.2, -0.15) is 0 Å². The minimum Gasteiger partial charge on any atom is -0.0800 e. The minimum atomic E-state index is 0.220. The fourth-order valence-corrected chi connectivity index (χ4v) is 2.33. The average molecular weight is 199 g/mol. The SMILES string of the molecule is CC1(C)C=CC=C(CC2[B]CCC2)C=C1. The molecule has 1 radical (unpaired) electrons. The molecule has 1 heteroatoms. The van der Waals surface area contributed by atoms with E-state index in [2.05, 4.69) is 51.5 Å². The Morgan fingerprint density at radius 2 is 2.27 bits per heavy atom. The van der Waals surface area contributed by atoms with Crippen LogP contribution in [0, 0.1) is 5.41 Å². The van der Waals surface area contributed by atoms with Crippen LogP contribution in [0.15, 0.2) is 36.0 Å². The maximum absolute atomic E-state index is 2.49. The Morgan fingerprint density at radius 3 is 3.00 bits per heavy atom. The van der Waals surface area contributed by atoms with E-state index >= 15 is 0 Å². The Bertz CT molecular complexity index is 301. The van der Waals surface area contributed by atoms with Crippen molar-refractivity contribution in [3.8, 4) is 0 Å². The van der Waals surface area contributed by atoms with Gasteiger partial charge in [0.2, 0.25) is 0 Å². The van der Waals surface area contributed by atoms with Crippen molar-refractivity contribution in [2.45, 2.75) is 45.2 Å². The summed E-state index contributed by atoms with van der Waals surface area (Å²) in [6, 6.07) is 0. The molecule has 1 unspecified atom stereocenters. The molecule has 1 aliphatic heterocycles. The maximum Gasteiger partial charge on any atom is 0.114 e. The molecular weight excluding hydrogens is 179 g/mol. The van der Waals surface area contributed by atoms with Gasteiger partial charge in [0, 0.05) is 5.41 Å². The van der Waals surface area contributed by atoms with Gasteiger partial charge >= 0.3 is 0 Å². The van der Waals surface area contributed by atoms with Gasteiger partial charge in [0.1, 0.15) is 7.28 Å². The third-order valence-electron chi connectivity index (χ3n) is 3.34. The topological polar surface area (TPSA) is 0 Å². The van der Waals surface area contributed by atoms with Crippen molar-refractivity contribution < 1.29 is 0 Å². The lowest BCUT2D eigenvalue weighted by atomic mass is 9.65. The van der Waals surface area contributed by atoms with E-state index in [-0.39, 0.29) is 5.41 Å². The number of hydrogen-bond donors (Lipinski definition) is 0. The first-order chi connectivity index (χ1) is 7.16. The van der Waals surface area contributed by atoms with Gasteiger partial charge in [-0.05, 0) is 12.0 Å². The van der Waals surface area contributed by atoms with Crippen LogP contribution in [0.25, 0.3) is 0 Å². The van der Waals surface area contributed by atoms with Crippen LogP contribution >= 0.6 is 0 Å². The molecule has 0 N–H and O–H groups in total. The van der Waals surface area contributed by atoms with Gasteiger partial charge in [-0.3, -0.25) is 0 Å². The number of rotatable bonds is 2. The minimum absolute atomic E-state index is 0.220. The van der Waals surface area contributed by atoms with E-state index in [1.807, 2.05) is 0 Å². The summed E-state index contributed by atoms with van der Waals surface area (Å²) in [4.78, 5) is 0. The second-order valence-electron chi connectivity index (χ2n) is 5.39. The summed E-state index contributed by atoms with van der Waals surface area (Å²) >= 11 is 0. The molecule has 1 fully saturated rings. The van der Waals surface area contributed by atoms with Crippen LogP contribution in [0.1, 0.15) is 33.1 Å². The van der Waals surface area contributed by atoms with Gasteiger partial charge in [0.15, 0.2) is 0 Å². The highest BCUT2D eigenvalue weighted by atomic mass is 14.2. The molecule has 79 valence electrons. The van der Waals surface area contributed by atoms with E-state index in [1.165, 1.54) is 31.2 Å². The summed E-state index contributed by atoms with van der Waals surface area (Å²) in [5.41, 5.74) is 1.71. The van der Waals surface area contributed by atoms with Crippen molar-refractivity contribution in [3.05, 3.63) is 36.0 Å². The highest BCUT2D eigenvalue weighted by Gasteiger charge is 2.17. The first-order valence-electron chi connectivity index (χ1n) is 6.07. The predicted molar refractivity (Wildman–Crippen MR) is 68.3 cm³/mol. The lowest BCUT2D eigenvalue weighted by Crippen LogP contribution is -2.01. The van der Waals surface area contributed by atoms with Crippen LogP contribution in [0.2, 0.25) is 12.1 Å². The zero-order valence-electron chi connectivity index (χ0n) is 9.87. The largest absolute Gasteiger partial charge is 0.114 e. The molecule has 0 aromatic heterocycles. The van der Waals surface area contributed by atoms with E-state index in [0.29, 0.717) is 0 Å². The van der Waals surface area contributed by atoms with E-state index in [1.54, 1.807) is 0 Å². The molecule has 0 aromatic carbocycles. The normalized spacial score (nSPS) is 28.4. The first-order valence-corrected chi connectivity index (χ1v) is 6.07. The smallest absolute Gasteiger partial charge is 0.0800 e. The van der Waals surface area contributed by atoms with Crippen molar-refractivity contribution in [1.29, 1.82) is 0 Å². The molecule has 15 heavy (non-hydrogen) atoms. The van der Waals surface area contributed by atoms with Gasteiger partial charge in [0.05, 0.1) is 0 Å². The molecule has 2 aliphatic rings. The Hall–Kier alpha value is -0.715. The van der Waals surface area contributed by atoms with E-state index in [9.17, 15) is 0 Å². The fraction of sp³-hybridized carbons (Fsp3) is 0.571. The molecule has 1 saturated heterocycles. The lowest BCUT2D eigenvalue weighted by Gasteiger charge is -2.13. The maximum atomic E-state index is 2.49. The molecule has 0 amide bonds. The van der Waals surface area contributed by atoms with Gasteiger partial charge in [-0.1, -0.05) is 69.2 Å². The van der Waals surface area contributed by atoms with Crippen molar-refractivity contribution in [1.82, 2.24) is 0 Å².